The Morgan fingerprint density at radius 3 is 2.67 bits per heavy atom. The Labute approximate surface area is 69.7 Å². The number of hydrogen-bond acceptors (Lipinski definition) is 5. The molecule has 0 saturated heterocycles. The minimum absolute atomic E-state index is 0.135. The van der Waals surface area contributed by atoms with Crippen LogP contribution in [0.1, 0.15) is 0 Å². The molecule has 0 spiro atoms. The minimum atomic E-state index is -4.74. The Morgan fingerprint density at radius 1 is 1.67 bits per heavy atom. The third kappa shape index (κ3) is 7.71. The fourth-order valence-electron chi connectivity index (χ4n) is 0.407. The molecule has 12 heavy (non-hydrogen) atoms. The van der Waals surface area contributed by atoms with E-state index in [2.05, 4.69) is 15.8 Å². The van der Waals surface area contributed by atoms with E-state index in [9.17, 15) is 9.46 Å². The lowest BCUT2D eigenvalue weighted by molar-refractivity contribution is -0.221. The number of ether oxygens (including phenoxy) is 1. The highest BCUT2D eigenvalue weighted by Crippen LogP contribution is 2.29. The molecular formula is C5H10O6P-. The van der Waals surface area contributed by atoms with Crippen molar-refractivity contribution >= 4 is 7.82 Å². The molecule has 0 saturated carbocycles. The standard InChI is InChI=1S/C5H11O6P/c1-2-10-3-5(6)4-11-12(7,8)9/h2,5-6H,1,3-4H2,(H2,7,8,9)/p-1. The van der Waals surface area contributed by atoms with Gasteiger partial charge in [0, 0.05) is 0 Å². The molecule has 0 radical (unpaired) electrons. The molecule has 0 aromatic heterocycles. The third-order valence-corrected chi connectivity index (χ3v) is 1.31. The van der Waals surface area contributed by atoms with E-state index in [1.807, 2.05) is 0 Å². The minimum Gasteiger partial charge on any atom is -0.756 e. The van der Waals surface area contributed by atoms with Crippen LogP contribution in [0.5, 0.6) is 0 Å². The van der Waals surface area contributed by atoms with Gasteiger partial charge in [0.15, 0.2) is 0 Å². The summed E-state index contributed by atoms with van der Waals surface area (Å²) in [7, 11) is -4.74. The zero-order chi connectivity index (χ0) is 9.61. The van der Waals surface area contributed by atoms with E-state index in [0.29, 0.717) is 0 Å². The van der Waals surface area contributed by atoms with Crippen LogP contribution in [0, 0.1) is 0 Å². The Kier molecular flexibility index (Phi) is 5.12. The first-order valence-electron chi connectivity index (χ1n) is 3.04. The van der Waals surface area contributed by atoms with Gasteiger partial charge in [0.2, 0.25) is 0 Å². The zero-order valence-electron chi connectivity index (χ0n) is 6.25. The van der Waals surface area contributed by atoms with Gasteiger partial charge in [-0.25, -0.2) is 0 Å². The molecule has 2 N–H and O–H groups in total. The number of rotatable bonds is 6. The van der Waals surface area contributed by atoms with Gasteiger partial charge in [-0.05, 0) is 0 Å². The fraction of sp³-hybridized carbons (Fsp3) is 0.600. The van der Waals surface area contributed by atoms with Gasteiger partial charge in [0.1, 0.15) is 12.7 Å². The molecule has 72 valence electrons. The highest BCUT2D eigenvalue weighted by Gasteiger charge is 2.08. The molecule has 2 unspecified atom stereocenters. The van der Waals surface area contributed by atoms with Crippen LogP contribution in [-0.2, 0) is 13.8 Å². The highest BCUT2D eigenvalue weighted by molar-refractivity contribution is 7.44. The summed E-state index contributed by atoms with van der Waals surface area (Å²) < 4.78 is 18.4. The second-order valence-corrected chi connectivity index (χ2v) is 3.11. The van der Waals surface area contributed by atoms with E-state index in [1.165, 1.54) is 0 Å². The van der Waals surface area contributed by atoms with Gasteiger partial charge in [0.05, 0.1) is 12.9 Å². The van der Waals surface area contributed by atoms with Crippen LogP contribution in [0.4, 0.5) is 0 Å². The van der Waals surface area contributed by atoms with Crippen LogP contribution in [0.2, 0.25) is 0 Å². The van der Waals surface area contributed by atoms with Crippen LogP contribution in [-0.4, -0.2) is 29.3 Å². The number of aliphatic hydroxyl groups is 1. The average molecular weight is 197 g/mol. The fourth-order valence-corrected chi connectivity index (χ4v) is 0.768. The van der Waals surface area contributed by atoms with Gasteiger partial charge in [-0.2, -0.15) is 0 Å². The summed E-state index contributed by atoms with van der Waals surface area (Å²) in [5.41, 5.74) is 0. The molecule has 0 aromatic rings. The molecule has 0 aliphatic rings. The summed E-state index contributed by atoms with van der Waals surface area (Å²) >= 11 is 0. The first-order valence-corrected chi connectivity index (χ1v) is 4.54. The van der Waals surface area contributed by atoms with E-state index >= 15 is 0 Å². The Bertz CT molecular complexity index is 175. The predicted molar refractivity (Wildman–Crippen MR) is 37.9 cm³/mol. The summed E-state index contributed by atoms with van der Waals surface area (Å²) in [6.45, 7) is 2.53. The van der Waals surface area contributed by atoms with Crippen LogP contribution < -0.4 is 4.89 Å². The van der Waals surface area contributed by atoms with Gasteiger partial charge >= 0.3 is 0 Å². The molecule has 0 aromatic carbocycles. The summed E-state index contributed by atoms with van der Waals surface area (Å²) in [6.07, 6.45) is -0.0173. The molecule has 6 nitrogen and oxygen atoms in total. The maximum Gasteiger partial charge on any atom is 0.265 e. The lowest BCUT2D eigenvalue weighted by atomic mass is 10.4. The summed E-state index contributed by atoms with van der Waals surface area (Å²) in [4.78, 5) is 18.1. The Balaban J connectivity index is 3.50. The zero-order valence-corrected chi connectivity index (χ0v) is 7.15. The summed E-state index contributed by atoms with van der Waals surface area (Å²) in [5, 5.41) is 8.87. The van der Waals surface area contributed by atoms with Crippen molar-refractivity contribution in [3.8, 4) is 0 Å². The Hall–Kier alpha value is -0.390. The average Bonchev–Trinajstić information content (AvgIpc) is 1.95. The van der Waals surface area contributed by atoms with Crippen molar-refractivity contribution in [2.75, 3.05) is 13.2 Å². The monoisotopic (exact) mass is 197 g/mol. The largest absolute Gasteiger partial charge is 0.756 e. The first kappa shape index (κ1) is 11.6. The van der Waals surface area contributed by atoms with Crippen LogP contribution >= 0.6 is 7.82 Å². The molecule has 0 aliphatic heterocycles. The SMILES string of the molecule is C=COCC(O)COP(=O)([O-])O. The van der Waals surface area contributed by atoms with E-state index < -0.39 is 20.5 Å². The topological polar surface area (TPSA) is 99.0 Å². The van der Waals surface area contributed by atoms with E-state index in [4.69, 9.17) is 10.00 Å². The molecule has 0 heterocycles. The highest BCUT2D eigenvalue weighted by atomic mass is 31.2. The molecule has 0 bridgehead atoms. The van der Waals surface area contributed by atoms with Gasteiger partial charge in [-0.1, -0.05) is 6.58 Å². The number of phosphoric ester groups is 1. The maximum absolute atomic E-state index is 10.00. The maximum atomic E-state index is 10.00. The number of aliphatic hydroxyl groups excluding tert-OH is 1. The van der Waals surface area contributed by atoms with Crippen molar-refractivity contribution in [1.29, 1.82) is 0 Å². The first-order chi connectivity index (χ1) is 5.45. The third-order valence-electron chi connectivity index (χ3n) is 0.837. The smallest absolute Gasteiger partial charge is 0.265 e. The van der Waals surface area contributed by atoms with Crippen molar-refractivity contribution < 1.29 is 28.7 Å². The van der Waals surface area contributed by atoms with Crippen molar-refractivity contribution in [3.63, 3.8) is 0 Å². The van der Waals surface area contributed by atoms with Crippen LogP contribution in [0.3, 0.4) is 0 Å². The van der Waals surface area contributed by atoms with Crippen molar-refractivity contribution in [1.82, 2.24) is 0 Å². The normalized spacial score (nSPS) is 17.9. The second-order valence-electron chi connectivity index (χ2n) is 1.92. The van der Waals surface area contributed by atoms with Gasteiger partial charge in [-0.3, -0.25) is 4.57 Å². The lowest BCUT2D eigenvalue weighted by Gasteiger charge is -2.17. The van der Waals surface area contributed by atoms with Crippen molar-refractivity contribution in [3.05, 3.63) is 12.8 Å². The molecule has 0 fully saturated rings. The molecule has 0 rings (SSSR count). The summed E-state index contributed by atoms with van der Waals surface area (Å²) in [5.74, 6) is 0. The van der Waals surface area contributed by atoms with Gasteiger partial charge in [0.25, 0.3) is 7.82 Å². The lowest BCUT2D eigenvalue weighted by Crippen LogP contribution is -2.21. The molecular weight excluding hydrogens is 187 g/mol. The summed E-state index contributed by atoms with van der Waals surface area (Å²) in [6, 6.07) is 0. The molecule has 2 atom stereocenters. The number of phosphoric acid groups is 1. The molecule has 0 amide bonds. The van der Waals surface area contributed by atoms with Crippen LogP contribution in [0.25, 0.3) is 0 Å². The predicted octanol–water partition coefficient (Wildman–Crippen LogP) is -1.02. The quantitative estimate of drug-likeness (QED) is 0.418. The van der Waals surface area contributed by atoms with E-state index in [1.54, 1.807) is 0 Å². The van der Waals surface area contributed by atoms with Crippen LogP contribution in [0.15, 0.2) is 12.8 Å². The second kappa shape index (κ2) is 5.29. The molecule has 7 heteroatoms. The van der Waals surface area contributed by atoms with Crippen molar-refractivity contribution in [2.45, 2.75) is 6.10 Å². The number of hydrogen-bond donors (Lipinski definition) is 2. The van der Waals surface area contributed by atoms with E-state index in [-0.39, 0.29) is 6.61 Å². The van der Waals surface area contributed by atoms with Gasteiger partial charge < -0.3 is 24.2 Å². The van der Waals surface area contributed by atoms with Gasteiger partial charge in [-0.15, -0.1) is 0 Å². The van der Waals surface area contributed by atoms with E-state index in [0.717, 1.165) is 6.26 Å². The van der Waals surface area contributed by atoms with Crippen molar-refractivity contribution in [2.24, 2.45) is 0 Å². The Morgan fingerprint density at radius 2 is 2.25 bits per heavy atom. The molecule has 0 aliphatic carbocycles.